The van der Waals surface area contributed by atoms with E-state index in [0.29, 0.717) is 24.6 Å². The first-order chi connectivity index (χ1) is 9.90. The smallest absolute Gasteiger partial charge is 0.326 e. The van der Waals surface area contributed by atoms with Gasteiger partial charge in [0, 0.05) is 13.1 Å². The fourth-order valence-electron chi connectivity index (χ4n) is 2.36. The maximum absolute atomic E-state index is 12.3. The predicted octanol–water partition coefficient (Wildman–Crippen LogP) is 1.38. The van der Waals surface area contributed by atoms with Crippen LogP contribution in [0.4, 0.5) is 0 Å². The van der Waals surface area contributed by atoms with Gasteiger partial charge in [-0.1, -0.05) is 37.3 Å². The van der Waals surface area contributed by atoms with Gasteiger partial charge in [0.15, 0.2) is 0 Å². The Hall–Kier alpha value is -1.44. The summed E-state index contributed by atoms with van der Waals surface area (Å²) in [5.74, 6) is -0.712. The second kappa shape index (κ2) is 6.55. The standard InChI is InChI=1S/C14H20N2O4S/c1-11-7-9-16(10-8-11)21(19,20)15-13(14(17)18)12-5-3-2-4-6-12/h2-6,11,13,15H,7-10H2,1H3,(H,17,18)/t13-/m0/s1. The largest absolute Gasteiger partial charge is 0.480 e. The monoisotopic (exact) mass is 312 g/mol. The van der Waals surface area contributed by atoms with Crippen LogP contribution in [-0.2, 0) is 15.0 Å². The average Bonchev–Trinajstić information content (AvgIpc) is 2.46. The lowest BCUT2D eigenvalue weighted by Gasteiger charge is -2.30. The molecule has 1 atom stereocenters. The van der Waals surface area contributed by atoms with E-state index in [1.807, 2.05) is 0 Å². The molecule has 0 aliphatic carbocycles. The molecule has 2 rings (SSSR count). The first-order valence-corrected chi connectivity index (χ1v) is 8.39. The highest BCUT2D eigenvalue weighted by Gasteiger charge is 2.31. The van der Waals surface area contributed by atoms with E-state index in [9.17, 15) is 18.3 Å². The van der Waals surface area contributed by atoms with Gasteiger partial charge in [0.25, 0.3) is 10.2 Å². The van der Waals surface area contributed by atoms with Crippen LogP contribution < -0.4 is 4.72 Å². The van der Waals surface area contributed by atoms with E-state index < -0.39 is 22.2 Å². The number of rotatable bonds is 5. The van der Waals surface area contributed by atoms with Crippen molar-refractivity contribution in [3.05, 3.63) is 35.9 Å². The van der Waals surface area contributed by atoms with Crippen molar-refractivity contribution in [3.63, 3.8) is 0 Å². The Morgan fingerprint density at radius 3 is 2.38 bits per heavy atom. The highest BCUT2D eigenvalue weighted by molar-refractivity contribution is 7.87. The maximum Gasteiger partial charge on any atom is 0.326 e. The van der Waals surface area contributed by atoms with Crippen LogP contribution in [0.1, 0.15) is 31.4 Å². The summed E-state index contributed by atoms with van der Waals surface area (Å²) in [7, 11) is -3.80. The number of hydrogen-bond donors (Lipinski definition) is 2. The van der Waals surface area contributed by atoms with Crippen molar-refractivity contribution in [2.45, 2.75) is 25.8 Å². The number of benzene rings is 1. The van der Waals surface area contributed by atoms with Crippen molar-refractivity contribution in [1.82, 2.24) is 9.03 Å². The lowest BCUT2D eigenvalue weighted by atomic mass is 10.0. The molecule has 0 spiro atoms. The topological polar surface area (TPSA) is 86.7 Å². The SMILES string of the molecule is CC1CCN(S(=O)(=O)N[C@H](C(=O)O)c2ccccc2)CC1. The first-order valence-electron chi connectivity index (χ1n) is 6.95. The number of aliphatic carboxylic acids is 1. The molecule has 6 nitrogen and oxygen atoms in total. The minimum Gasteiger partial charge on any atom is -0.480 e. The van der Waals surface area contributed by atoms with Crippen LogP contribution in [0, 0.1) is 5.92 Å². The molecule has 0 radical (unpaired) electrons. The van der Waals surface area contributed by atoms with Gasteiger partial charge in [-0.15, -0.1) is 0 Å². The molecule has 1 aliphatic rings. The summed E-state index contributed by atoms with van der Waals surface area (Å²) in [6.45, 7) is 2.94. The highest BCUT2D eigenvalue weighted by atomic mass is 32.2. The Morgan fingerprint density at radius 2 is 1.86 bits per heavy atom. The fourth-order valence-corrected chi connectivity index (χ4v) is 3.73. The number of piperidine rings is 1. The number of carboxylic acids is 1. The number of carbonyl (C=O) groups is 1. The van der Waals surface area contributed by atoms with E-state index in [-0.39, 0.29) is 0 Å². The Kier molecular flexibility index (Phi) is 4.97. The molecule has 0 unspecified atom stereocenters. The third-order valence-electron chi connectivity index (χ3n) is 3.73. The van der Waals surface area contributed by atoms with Crippen molar-refractivity contribution in [1.29, 1.82) is 0 Å². The van der Waals surface area contributed by atoms with E-state index >= 15 is 0 Å². The van der Waals surface area contributed by atoms with Crippen LogP contribution in [0.5, 0.6) is 0 Å². The summed E-state index contributed by atoms with van der Waals surface area (Å²) in [4.78, 5) is 11.4. The molecule has 1 fully saturated rings. The van der Waals surface area contributed by atoms with E-state index in [0.717, 1.165) is 12.8 Å². The van der Waals surface area contributed by atoms with Gasteiger partial charge in [-0.3, -0.25) is 4.79 Å². The van der Waals surface area contributed by atoms with E-state index in [1.165, 1.54) is 4.31 Å². The molecule has 0 amide bonds. The third-order valence-corrected chi connectivity index (χ3v) is 5.31. The van der Waals surface area contributed by atoms with Crippen molar-refractivity contribution in [3.8, 4) is 0 Å². The van der Waals surface area contributed by atoms with Gasteiger partial charge in [-0.05, 0) is 24.3 Å². The molecule has 0 aromatic heterocycles. The molecular formula is C14H20N2O4S. The second-order valence-electron chi connectivity index (χ2n) is 5.39. The van der Waals surface area contributed by atoms with E-state index in [1.54, 1.807) is 30.3 Å². The zero-order chi connectivity index (χ0) is 15.5. The van der Waals surface area contributed by atoms with Crippen molar-refractivity contribution in [2.75, 3.05) is 13.1 Å². The van der Waals surface area contributed by atoms with Crippen LogP contribution in [0.25, 0.3) is 0 Å². The van der Waals surface area contributed by atoms with Gasteiger partial charge in [-0.2, -0.15) is 17.4 Å². The molecule has 21 heavy (non-hydrogen) atoms. The lowest BCUT2D eigenvalue weighted by Crippen LogP contribution is -2.47. The van der Waals surface area contributed by atoms with Gasteiger partial charge in [0.1, 0.15) is 6.04 Å². The van der Waals surface area contributed by atoms with Crippen molar-refractivity contribution in [2.24, 2.45) is 5.92 Å². The molecular weight excluding hydrogens is 292 g/mol. The van der Waals surface area contributed by atoms with Crippen LogP contribution in [0.2, 0.25) is 0 Å². The number of nitrogens with zero attached hydrogens (tertiary/aromatic N) is 1. The van der Waals surface area contributed by atoms with Gasteiger partial charge >= 0.3 is 5.97 Å². The molecule has 116 valence electrons. The minimum atomic E-state index is -3.80. The van der Waals surface area contributed by atoms with Gasteiger partial charge in [0.05, 0.1) is 0 Å². The lowest BCUT2D eigenvalue weighted by molar-refractivity contribution is -0.139. The molecule has 1 heterocycles. The van der Waals surface area contributed by atoms with Crippen LogP contribution in [0.15, 0.2) is 30.3 Å². The summed E-state index contributed by atoms with van der Waals surface area (Å²) >= 11 is 0. The molecule has 0 bridgehead atoms. The first kappa shape index (κ1) is 15.9. The Morgan fingerprint density at radius 1 is 1.29 bits per heavy atom. The maximum atomic E-state index is 12.3. The van der Waals surface area contributed by atoms with Crippen LogP contribution >= 0.6 is 0 Å². The fraction of sp³-hybridized carbons (Fsp3) is 0.500. The van der Waals surface area contributed by atoms with Gasteiger partial charge in [-0.25, -0.2) is 0 Å². The molecule has 1 aliphatic heterocycles. The Labute approximate surface area is 125 Å². The highest BCUT2D eigenvalue weighted by Crippen LogP contribution is 2.20. The van der Waals surface area contributed by atoms with Crippen molar-refractivity contribution >= 4 is 16.2 Å². The van der Waals surface area contributed by atoms with Crippen LogP contribution in [0.3, 0.4) is 0 Å². The minimum absolute atomic E-state index is 0.416. The predicted molar refractivity (Wildman–Crippen MR) is 78.8 cm³/mol. The summed E-state index contributed by atoms with van der Waals surface area (Å²) in [5, 5.41) is 9.28. The molecule has 7 heteroatoms. The molecule has 1 aromatic rings. The molecule has 0 saturated carbocycles. The van der Waals surface area contributed by atoms with Crippen molar-refractivity contribution < 1.29 is 18.3 Å². The zero-order valence-corrected chi connectivity index (χ0v) is 12.7. The quantitative estimate of drug-likeness (QED) is 0.860. The molecule has 1 saturated heterocycles. The van der Waals surface area contributed by atoms with Gasteiger partial charge < -0.3 is 5.11 Å². The number of hydrogen-bond acceptors (Lipinski definition) is 3. The van der Waals surface area contributed by atoms with Gasteiger partial charge in [0.2, 0.25) is 0 Å². The summed E-state index contributed by atoms with van der Waals surface area (Å²) < 4.78 is 28.3. The second-order valence-corrected chi connectivity index (χ2v) is 7.09. The van der Waals surface area contributed by atoms with E-state index in [2.05, 4.69) is 11.6 Å². The summed E-state index contributed by atoms with van der Waals surface area (Å²) in [6, 6.07) is 7.04. The number of carboxylic acid groups (broad SMARTS) is 1. The summed E-state index contributed by atoms with van der Waals surface area (Å²) in [6.07, 6.45) is 1.59. The van der Waals surface area contributed by atoms with E-state index in [4.69, 9.17) is 0 Å². The third kappa shape index (κ3) is 4.03. The average molecular weight is 312 g/mol. The molecule has 2 N–H and O–H groups in total. The van der Waals surface area contributed by atoms with Crippen LogP contribution in [-0.4, -0.2) is 36.9 Å². The Bertz CT molecular complexity index is 580. The number of nitrogens with one attached hydrogen (secondary N) is 1. The zero-order valence-electron chi connectivity index (χ0n) is 11.9. The summed E-state index contributed by atoms with van der Waals surface area (Å²) in [5.41, 5.74) is 0.416. The normalized spacial score (nSPS) is 19.3. The Balaban J connectivity index is 2.15. The molecule has 1 aromatic carbocycles.